The Kier molecular flexibility index (Phi) is 6.80. The van der Waals surface area contributed by atoms with Gasteiger partial charge in [-0.2, -0.15) is 0 Å². The van der Waals surface area contributed by atoms with Crippen molar-refractivity contribution in [2.24, 2.45) is 0 Å². The van der Waals surface area contributed by atoms with Gasteiger partial charge in [0.05, 0.1) is 36.8 Å². The molecule has 0 aliphatic carbocycles. The predicted molar refractivity (Wildman–Crippen MR) is 152 cm³/mol. The molecule has 5 rings (SSSR count). The van der Waals surface area contributed by atoms with E-state index in [-0.39, 0.29) is 12.1 Å². The molecule has 2 atom stereocenters. The normalized spacial score (nSPS) is 17.4. The highest BCUT2D eigenvalue weighted by atomic mass is 32.2. The van der Waals surface area contributed by atoms with Crippen molar-refractivity contribution in [1.82, 2.24) is 19.9 Å². The van der Waals surface area contributed by atoms with Gasteiger partial charge in [0, 0.05) is 29.5 Å². The van der Waals surface area contributed by atoms with Gasteiger partial charge in [-0.15, -0.1) is 0 Å². The number of methoxy groups -OCH3 is 1. The Morgan fingerprint density at radius 2 is 1.76 bits per heavy atom. The third kappa shape index (κ3) is 4.82. The topological polar surface area (TPSA) is 101 Å². The zero-order chi connectivity index (χ0) is 27.0. The van der Waals surface area contributed by atoms with Crippen LogP contribution in [0.5, 0.6) is 5.75 Å². The maximum atomic E-state index is 12.1. The number of anilines is 2. The number of hydrogen-bond acceptors (Lipinski definition) is 6. The van der Waals surface area contributed by atoms with Crippen LogP contribution in [0.3, 0.4) is 0 Å². The van der Waals surface area contributed by atoms with Gasteiger partial charge in [0.1, 0.15) is 11.6 Å². The van der Waals surface area contributed by atoms with E-state index in [1.54, 1.807) is 24.5 Å². The first kappa shape index (κ1) is 25.7. The van der Waals surface area contributed by atoms with E-state index in [9.17, 15) is 8.42 Å². The summed E-state index contributed by atoms with van der Waals surface area (Å²) in [6.45, 7) is 4.12. The third-order valence-electron chi connectivity index (χ3n) is 6.52. The Morgan fingerprint density at radius 3 is 2.39 bits per heavy atom. The van der Waals surface area contributed by atoms with Crippen molar-refractivity contribution in [2.75, 3.05) is 23.0 Å². The average molecular weight is 549 g/mol. The highest BCUT2D eigenvalue weighted by molar-refractivity contribution is 7.92. The number of sulfonamides is 1. The first-order valence-electron chi connectivity index (χ1n) is 11.9. The maximum Gasteiger partial charge on any atom is 0.229 e. The third-order valence-corrected chi connectivity index (χ3v) is 7.43. The van der Waals surface area contributed by atoms with Crippen molar-refractivity contribution in [3.05, 3.63) is 95.7 Å². The number of nitrogens with zero attached hydrogens (tertiary/aromatic N) is 4. The molecule has 1 aliphatic heterocycles. The first-order chi connectivity index (χ1) is 18.2. The summed E-state index contributed by atoms with van der Waals surface area (Å²) >= 11 is 5.87. The number of aromatic nitrogens is 3. The van der Waals surface area contributed by atoms with E-state index >= 15 is 0 Å². The average Bonchev–Trinajstić information content (AvgIpc) is 3.39. The molecule has 0 saturated carbocycles. The number of aryl methyl sites for hydroxylation is 1. The van der Waals surface area contributed by atoms with Crippen molar-refractivity contribution < 1.29 is 13.2 Å². The van der Waals surface area contributed by atoms with Gasteiger partial charge in [0.25, 0.3) is 0 Å². The molecular weight excluding hydrogens is 520 g/mol. The fraction of sp³-hybridized carbons (Fsp3) is 0.222. The first-order valence-corrected chi connectivity index (χ1v) is 14.2. The van der Waals surface area contributed by atoms with Crippen LogP contribution in [0.1, 0.15) is 34.7 Å². The van der Waals surface area contributed by atoms with E-state index in [0.717, 1.165) is 34.7 Å². The number of thiocarbonyl (C=S) groups is 1. The van der Waals surface area contributed by atoms with Gasteiger partial charge in [-0.25, -0.2) is 13.4 Å². The van der Waals surface area contributed by atoms with Crippen LogP contribution in [-0.4, -0.2) is 41.4 Å². The van der Waals surface area contributed by atoms with Crippen molar-refractivity contribution in [3.63, 3.8) is 0 Å². The molecule has 1 aromatic carbocycles. The molecule has 1 aliphatic rings. The van der Waals surface area contributed by atoms with Crippen molar-refractivity contribution in [3.8, 4) is 11.6 Å². The molecule has 0 unspecified atom stereocenters. The van der Waals surface area contributed by atoms with Crippen LogP contribution in [0, 0.1) is 13.8 Å². The molecule has 3 aromatic heterocycles. The van der Waals surface area contributed by atoms with Crippen molar-refractivity contribution in [2.45, 2.75) is 25.9 Å². The van der Waals surface area contributed by atoms with Gasteiger partial charge in [0.15, 0.2) is 5.11 Å². The molecule has 1 fully saturated rings. The minimum absolute atomic E-state index is 0.255. The Bertz CT molecular complexity index is 1590. The largest absolute Gasteiger partial charge is 0.495 e. The van der Waals surface area contributed by atoms with E-state index in [1.807, 2.05) is 54.3 Å². The Balaban J connectivity index is 1.68. The molecule has 2 N–H and O–H groups in total. The number of benzene rings is 1. The lowest BCUT2D eigenvalue weighted by atomic mass is 9.96. The zero-order valence-corrected chi connectivity index (χ0v) is 23.0. The van der Waals surface area contributed by atoms with Crippen LogP contribution in [-0.2, 0) is 10.0 Å². The smallest absolute Gasteiger partial charge is 0.229 e. The second-order valence-corrected chi connectivity index (χ2v) is 11.2. The van der Waals surface area contributed by atoms with E-state index in [1.165, 1.54) is 7.11 Å². The Morgan fingerprint density at radius 1 is 1.03 bits per heavy atom. The van der Waals surface area contributed by atoms with E-state index in [4.69, 9.17) is 17.0 Å². The van der Waals surface area contributed by atoms with Gasteiger partial charge < -0.3 is 19.5 Å². The molecule has 1 saturated heterocycles. The minimum atomic E-state index is -3.54. The van der Waals surface area contributed by atoms with Gasteiger partial charge in [0.2, 0.25) is 10.0 Å². The summed E-state index contributed by atoms with van der Waals surface area (Å²) in [5, 5.41) is 3.96. The standard InChI is InChI=1S/C27H28N6O3S2/c1-17-15-20(18(2)32(17)24-10-6-8-14-29-24)26-25(21-9-5-7-13-28-21)30-27(37)33(26)19-11-12-23(36-3)22(16-19)31-38(4,34)35/h5-16,25-26,31H,1-4H3,(H,30,37)/t25-,26-/m1/s1. The SMILES string of the molecule is COc1ccc(N2C(=S)N[C@H](c3ccccn3)[C@H]2c2cc(C)n(-c3ccccn3)c2C)cc1NS(C)(=O)=O. The summed E-state index contributed by atoms with van der Waals surface area (Å²) in [4.78, 5) is 11.2. The lowest BCUT2D eigenvalue weighted by Gasteiger charge is -2.29. The second kappa shape index (κ2) is 10.1. The molecule has 0 radical (unpaired) electrons. The summed E-state index contributed by atoms with van der Waals surface area (Å²) in [5.74, 6) is 1.23. The van der Waals surface area contributed by atoms with Crippen molar-refractivity contribution in [1.29, 1.82) is 0 Å². The second-order valence-electron chi connectivity index (χ2n) is 9.11. The van der Waals surface area contributed by atoms with Crippen LogP contribution in [0.4, 0.5) is 11.4 Å². The summed E-state index contributed by atoms with van der Waals surface area (Å²) in [6, 6.07) is 18.6. The van der Waals surface area contributed by atoms with Gasteiger partial charge in [-0.3, -0.25) is 9.71 Å². The fourth-order valence-electron chi connectivity index (χ4n) is 5.00. The van der Waals surface area contributed by atoms with Crippen LogP contribution in [0.15, 0.2) is 73.1 Å². The number of ether oxygens (including phenoxy) is 1. The summed E-state index contributed by atoms with van der Waals surface area (Å²) in [5.41, 5.74) is 4.97. The van der Waals surface area contributed by atoms with Crippen LogP contribution in [0.2, 0.25) is 0 Å². The molecule has 4 aromatic rings. The van der Waals surface area contributed by atoms with E-state index in [0.29, 0.717) is 22.2 Å². The van der Waals surface area contributed by atoms with E-state index in [2.05, 4.69) is 37.6 Å². The Labute approximate surface area is 227 Å². The molecule has 0 spiro atoms. The maximum absolute atomic E-state index is 12.1. The van der Waals surface area contributed by atoms with Crippen molar-refractivity contribution >= 4 is 38.7 Å². The molecule has 9 nitrogen and oxygen atoms in total. The molecule has 38 heavy (non-hydrogen) atoms. The molecule has 0 bridgehead atoms. The fourth-order valence-corrected chi connectivity index (χ4v) is 5.90. The predicted octanol–water partition coefficient (Wildman–Crippen LogP) is 4.44. The van der Waals surface area contributed by atoms with Gasteiger partial charge in [-0.05, 0) is 80.2 Å². The molecule has 196 valence electrons. The molecule has 4 heterocycles. The molecule has 11 heteroatoms. The lowest BCUT2D eigenvalue weighted by Crippen LogP contribution is -2.29. The molecule has 0 amide bonds. The lowest BCUT2D eigenvalue weighted by molar-refractivity contribution is 0.417. The number of hydrogen-bond donors (Lipinski definition) is 2. The van der Waals surface area contributed by atoms with Crippen LogP contribution >= 0.6 is 12.2 Å². The zero-order valence-electron chi connectivity index (χ0n) is 21.4. The number of pyridine rings is 2. The highest BCUT2D eigenvalue weighted by Crippen LogP contribution is 2.45. The number of rotatable bonds is 7. The Hall–Kier alpha value is -3.96. The van der Waals surface area contributed by atoms with Crippen LogP contribution < -0.4 is 19.7 Å². The number of nitrogens with one attached hydrogen (secondary N) is 2. The van der Waals surface area contributed by atoms with Crippen LogP contribution in [0.25, 0.3) is 5.82 Å². The van der Waals surface area contributed by atoms with Gasteiger partial charge >= 0.3 is 0 Å². The highest BCUT2D eigenvalue weighted by Gasteiger charge is 2.42. The summed E-state index contributed by atoms with van der Waals surface area (Å²) < 4.78 is 34.2. The quantitative estimate of drug-likeness (QED) is 0.327. The minimum Gasteiger partial charge on any atom is -0.495 e. The molecular formula is C27H28N6O3S2. The van der Waals surface area contributed by atoms with Gasteiger partial charge in [-0.1, -0.05) is 12.1 Å². The summed E-state index contributed by atoms with van der Waals surface area (Å²) in [7, 11) is -2.04. The summed E-state index contributed by atoms with van der Waals surface area (Å²) in [6.07, 6.45) is 4.64. The van der Waals surface area contributed by atoms with E-state index < -0.39 is 10.0 Å². The monoisotopic (exact) mass is 548 g/mol.